The normalized spacial score (nSPS) is 24.1. The minimum absolute atomic E-state index is 0. The molecule has 0 spiro atoms. The first kappa shape index (κ1) is 43.1. The Kier molecular flexibility index (Phi) is 29.2. The molecule has 5 aliphatic rings. The van der Waals surface area contributed by atoms with Crippen LogP contribution in [0.4, 0.5) is 0 Å². The maximum absolute atomic E-state index is 5.73. The van der Waals surface area contributed by atoms with Crippen LogP contribution in [0.25, 0.3) is 10.8 Å². The van der Waals surface area contributed by atoms with Gasteiger partial charge in [0.25, 0.3) is 0 Å². The summed E-state index contributed by atoms with van der Waals surface area (Å²) in [4.78, 5) is 2.88. The third-order valence-corrected chi connectivity index (χ3v) is 8.03. The molecule has 47 heavy (non-hydrogen) atoms. The summed E-state index contributed by atoms with van der Waals surface area (Å²) in [5.74, 6) is 0. The van der Waals surface area contributed by atoms with Crippen LogP contribution in [0.2, 0.25) is 0 Å². The smallest absolute Gasteiger partial charge is 0.381 e. The van der Waals surface area contributed by atoms with Gasteiger partial charge in [0, 0.05) is 26.4 Å². The Morgan fingerprint density at radius 1 is 0.298 bits per heavy atom. The first-order chi connectivity index (χ1) is 22.9. The first-order valence-corrected chi connectivity index (χ1v) is 17.6. The van der Waals surface area contributed by atoms with E-state index in [0.717, 1.165) is 105 Å². The van der Waals surface area contributed by atoms with Crippen molar-refractivity contribution in [3.05, 3.63) is 48.5 Å². The van der Waals surface area contributed by atoms with E-state index in [4.69, 9.17) is 37.9 Å². The SMILES string of the molecule is C1CCOC1.C1CCOC1.C1COCC[NH+]2CCOCCOCC[NH+](CCO1)CCOCCOCC2.[K+].c1ccc2ccccc2c1. The molecule has 0 aliphatic carbocycles. The summed E-state index contributed by atoms with van der Waals surface area (Å²) >= 11 is 0. The molecular weight excluding hydrogens is 628 g/mol. The van der Waals surface area contributed by atoms with E-state index >= 15 is 0 Å². The molecule has 0 saturated carbocycles. The van der Waals surface area contributed by atoms with E-state index in [1.54, 1.807) is 0 Å². The van der Waals surface area contributed by atoms with E-state index in [1.807, 2.05) is 0 Å². The number of fused-ring (bicyclic) bond motifs is 22. The van der Waals surface area contributed by atoms with Gasteiger partial charge >= 0.3 is 51.4 Å². The van der Waals surface area contributed by atoms with Crippen molar-refractivity contribution >= 4 is 10.8 Å². The van der Waals surface area contributed by atoms with Gasteiger partial charge in [-0.05, 0) is 36.5 Å². The Morgan fingerprint density at radius 3 is 0.702 bits per heavy atom. The summed E-state index contributed by atoms with van der Waals surface area (Å²) in [6, 6.07) is 16.7. The second kappa shape index (κ2) is 31.9. The van der Waals surface area contributed by atoms with Gasteiger partial charge in [-0.25, -0.2) is 0 Å². The quantitative estimate of drug-likeness (QED) is 0.318. The summed E-state index contributed by atoms with van der Waals surface area (Å²) in [5, 5.41) is 2.62. The Balaban J connectivity index is 0.000000291. The molecule has 0 unspecified atom stereocenters. The standard InChI is InChI=1S/C18H36N2O6.C10H8.2C4H8O.K/c1-7-21-13-14-24-10-4-20-5-11-25-17-15-22-8-2-19(1)3-9-23-16-18-26-12-6-20;1-2-6-10-8-4-3-7-9(10)5-1;2*1-2-4-5-3-1;/h1-18H2;1-8H;2*1-4H2;/q;;;;+1/p+2. The second-order valence-electron chi connectivity index (χ2n) is 11.7. The van der Waals surface area contributed by atoms with Crippen molar-refractivity contribution in [1.82, 2.24) is 0 Å². The van der Waals surface area contributed by atoms with Crippen molar-refractivity contribution < 1.29 is 99.1 Å². The van der Waals surface area contributed by atoms with Gasteiger partial charge in [-0.1, -0.05) is 48.5 Å². The molecule has 5 fully saturated rings. The maximum Gasteiger partial charge on any atom is 1.00 e. The van der Waals surface area contributed by atoms with Gasteiger partial charge in [0.15, 0.2) is 0 Å². The van der Waals surface area contributed by atoms with Crippen LogP contribution in [-0.2, 0) is 37.9 Å². The monoisotopic (exact) mass is 689 g/mol. The molecule has 2 bridgehead atoms. The fourth-order valence-corrected chi connectivity index (χ4v) is 5.17. The molecule has 10 nitrogen and oxygen atoms in total. The third kappa shape index (κ3) is 23.9. The van der Waals surface area contributed by atoms with Crippen LogP contribution in [0.5, 0.6) is 0 Å². The van der Waals surface area contributed by atoms with Crippen LogP contribution in [0.1, 0.15) is 25.7 Å². The average molecular weight is 690 g/mol. The van der Waals surface area contributed by atoms with E-state index in [2.05, 4.69) is 48.5 Å². The molecule has 5 aliphatic heterocycles. The van der Waals surface area contributed by atoms with Crippen LogP contribution in [-0.4, -0.2) is 145 Å². The fourth-order valence-electron chi connectivity index (χ4n) is 5.17. The fraction of sp³-hybridized carbons (Fsp3) is 0.722. The van der Waals surface area contributed by atoms with E-state index in [-0.39, 0.29) is 51.4 Å². The summed E-state index contributed by atoms with van der Waals surface area (Å²) in [6.07, 6.45) is 5.11. The van der Waals surface area contributed by atoms with Gasteiger partial charge < -0.3 is 47.7 Å². The molecule has 11 heteroatoms. The molecule has 5 saturated heterocycles. The van der Waals surface area contributed by atoms with Crippen molar-refractivity contribution in [1.29, 1.82) is 0 Å². The second-order valence-corrected chi connectivity index (χ2v) is 11.7. The van der Waals surface area contributed by atoms with E-state index in [1.165, 1.54) is 46.3 Å². The maximum atomic E-state index is 5.73. The van der Waals surface area contributed by atoms with Crippen molar-refractivity contribution in [3.8, 4) is 0 Å². The number of quaternary nitrogens is 2. The van der Waals surface area contributed by atoms with E-state index in [0.29, 0.717) is 39.6 Å². The predicted molar refractivity (Wildman–Crippen MR) is 180 cm³/mol. The van der Waals surface area contributed by atoms with E-state index < -0.39 is 0 Å². The van der Waals surface area contributed by atoms with Crippen molar-refractivity contribution in [3.63, 3.8) is 0 Å². The number of ether oxygens (including phenoxy) is 8. The molecular formula is C36H62KN2O8+3. The van der Waals surface area contributed by atoms with Crippen molar-refractivity contribution in [2.24, 2.45) is 0 Å². The minimum atomic E-state index is 0. The summed E-state index contributed by atoms with van der Waals surface area (Å²) < 4.78 is 44.3. The molecule has 5 heterocycles. The van der Waals surface area contributed by atoms with Gasteiger partial charge in [-0.3, -0.25) is 0 Å². The molecule has 2 N–H and O–H groups in total. The zero-order valence-electron chi connectivity index (χ0n) is 29.3. The summed E-state index contributed by atoms with van der Waals surface area (Å²) in [6.45, 7) is 18.1. The Bertz CT molecular complexity index is 786. The molecule has 0 atom stereocenters. The predicted octanol–water partition coefficient (Wildman–Crippen LogP) is -1.68. The summed E-state index contributed by atoms with van der Waals surface area (Å²) in [7, 11) is 0. The van der Waals surface area contributed by atoms with Crippen LogP contribution in [0, 0.1) is 0 Å². The van der Waals surface area contributed by atoms with Gasteiger partial charge in [0.05, 0.1) is 79.3 Å². The van der Waals surface area contributed by atoms with Crippen LogP contribution < -0.4 is 61.2 Å². The molecule has 2 aromatic rings. The molecule has 0 radical (unpaired) electrons. The number of hydrogen-bond donors (Lipinski definition) is 2. The molecule has 2 aromatic carbocycles. The zero-order chi connectivity index (χ0) is 32.0. The topological polar surface area (TPSA) is 82.7 Å². The number of nitrogens with one attached hydrogen (secondary N) is 2. The molecule has 7 rings (SSSR count). The van der Waals surface area contributed by atoms with Crippen LogP contribution in [0.3, 0.4) is 0 Å². The average Bonchev–Trinajstić information content (AvgIpc) is 3.88. The van der Waals surface area contributed by atoms with Gasteiger partial charge in [-0.2, -0.15) is 0 Å². The van der Waals surface area contributed by atoms with Crippen molar-refractivity contribution in [2.75, 3.05) is 145 Å². The molecule has 262 valence electrons. The van der Waals surface area contributed by atoms with E-state index in [9.17, 15) is 0 Å². The number of hydrogen-bond acceptors (Lipinski definition) is 8. The van der Waals surface area contributed by atoms with Gasteiger partial charge in [0.1, 0.15) is 39.3 Å². The largest absolute Gasteiger partial charge is 1.00 e. The minimum Gasteiger partial charge on any atom is -0.381 e. The van der Waals surface area contributed by atoms with Gasteiger partial charge in [-0.15, -0.1) is 0 Å². The van der Waals surface area contributed by atoms with Crippen LogP contribution in [0.15, 0.2) is 48.5 Å². The summed E-state index contributed by atoms with van der Waals surface area (Å²) in [5.41, 5.74) is 0. The Hall–Kier alpha value is -0.0636. The van der Waals surface area contributed by atoms with Gasteiger partial charge in [0.2, 0.25) is 0 Å². The Labute approximate surface area is 326 Å². The molecule has 0 amide bonds. The zero-order valence-corrected chi connectivity index (χ0v) is 32.4. The third-order valence-electron chi connectivity index (χ3n) is 8.03. The molecule has 0 aromatic heterocycles. The Morgan fingerprint density at radius 2 is 0.511 bits per heavy atom. The van der Waals surface area contributed by atoms with Crippen molar-refractivity contribution in [2.45, 2.75) is 25.7 Å². The first-order valence-electron chi connectivity index (χ1n) is 17.6. The number of rotatable bonds is 0. The van der Waals surface area contributed by atoms with Crippen LogP contribution >= 0.6 is 0 Å². The number of benzene rings is 2.